The van der Waals surface area contributed by atoms with Gasteiger partial charge in [-0.05, 0) is 61.4 Å². The van der Waals surface area contributed by atoms with Gasteiger partial charge in [-0.2, -0.15) is 10.2 Å². The lowest BCUT2D eigenvalue weighted by molar-refractivity contribution is 0.110. The van der Waals surface area contributed by atoms with Crippen LogP contribution in [0.2, 0.25) is 0 Å². The van der Waals surface area contributed by atoms with Crippen molar-refractivity contribution in [1.29, 1.82) is 0 Å². The molecule has 0 saturated heterocycles. The molecule has 0 aromatic heterocycles. The number of hydrogen-bond donors (Lipinski definition) is 0. The van der Waals surface area contributed by atoms with E-state index in [-0.39, 0.29) is 0 Å². The molecule has 0 fully saturated rings. The Balaban J connectivity index is 1.58. The number of aryl methyl sites for hydroxylation is 1. The third-order valence-electron chi connectivity index (χ3n) is 4.07. The fourth-order valence-corrected chi connectivity index (χ4v) is 2.55. The fraction of sp³-hybridized carbons (Fsp3) is 0.217. The van der Waals surface area contributed by atoms with E-state index in [1.54, 1.807) is 0 Å². The van der Waals surface area contributed by atoms with Crippen LogP contribution in [0.15, 0.2) is 83.0 Å². The summed E-state index contributed by atoms with van der Waals surface area (Å²) in [6.07, 6.45) is 0. The van der Waals surface area contributed by atoms with Gasteiger partial charge in [0.2, 0.25) is 0 Å². The molecule has 0 heterocycles. The molecule has 0 radical (unpaired) electrons. The van der Waals surface area contributed by atoms with Gasteiger partial charge >= 0.3 is 0 Å². The molecule has 0 bridgehead atoms. The number of rotatable bonds is 8. The van der Waals surface area contributed by atoms with Gasteiger partial charge in [0.05, 0.1) is 18.0 Å². The summed E-state index contributed by atoms with van der Waals surface area (Å²) in [7, 11) is 0. The number of benzene rings is 3. The van der Waals surface area contributed by atoms with E-state index in [1.807, 2.05) is 43.3 Å². The summed E-state index contributed by atoms with van der Waals surface area (Å²) in [5.41, 5.74) is 5.24. The van der Waals surface area contributed by atoms with Crippen LogP contribution in [0.3, 0.4) is 0 Å². The van der Waals surface area contributed by atoms with E-state index in [2.05, 4.69) is 53.6 Å². The first-order valence-corrected chi connectivity index (χ1v) is 9.14. The predicted octanol–water partition coefficient (Wildman–Crippen LogP) is 6.49. The van der Waals surface area contributed by atoms with Crippen molar-refractivity contribution in [1.82, 2.24) is 0 Å². The van der Waals surface area contributed by atoms with E-state index in [0.717, 1.165) is 17.1 Å². The smallest absolute Gasteiger partial charge is 0.119 e. The zero-order chi connectivity index (χ0) is 18.9. The summed E-state index contributed by atoms with van der Waals surface area (Å²) in [4.78, 5) is 0. The molecule has 0 amide bonds. The highest BCUT2D eigenvalue weighted by Crippen LogP contribution is 2.25. The second-order valence-electron chi connectivity index (χ2n) is 6.15. The Labute approximate surface area is 160 Å². The summed E-state index contributed by atoms with van der Waals surface area (Å²) >= 11 is 0. The lowest BCUT2D eigenvalue weighted by Gasteiger charge is -2.05. The summed E-state index contributed by atoms with van der Waals surface area (Å²) in [6, 6.07) is 24.1. The van der Waals surface area contributed by atoms with Gasteiger partial charge in [-0.3, -0.25) is 0 Å². The van der Waals surface area contributed by atoms with Crippen molar-refractivity contribution in [2.24, 2.45) is 10.2 Å². The minimum absolute atomic E-state index is 0.544. The van der Waals surface area contributed by atoms with Crippen LogP contribution in [0, 0.1) is 6.92 Å². The number of hydrogen-bond acceptors (Lipinski definition) is 4. The quantitative estimate of drug-likeness (QED) is 0.340. The highest BCUT2D eigenvalue weighted by Gasteiger charge is 1.98. The maximum atomic E-state index is 5.59. The summed E-state index contributed by atoms with van der Waals surface area (Å²) in [5.74, 6) is 0.802. The molecule has 4 heteroatoms. The Kier molecular flexibility index (Phi) is 6.72. The van der Waals surface area contributed by atoms with E-state index < -0.39 is 0 Å². The van der Waals surface area contributed by atoms with Gasteiger partial charge in [-0.15, -0.1) is 0 Å². The lowest BCUT2D eigenvalue weighted by atomic mass is 10.0. The Bertz CT molecular complexity index is 854. The summed E-state index contributed by atoms with van der Waals surface area (Å²) < 4.78 is 10.8. The molecule has 0 aliphatic carbocycles. The van der Waals surface area contributed by atoms with Crippen molar-refractivity contribution in [2.75, 3.05) is 19.8 Å². The zero-order valence-electron chi connectivity index (χ0n) is 15.8. The van der Waals surface area contributed by atoms with Crippen molar-refractivity contribution in [3.05, 3.63) is 78.4 Å². The van der Waals surface area contributed by atoms with Crippen LogP contribution in [0.5, 0.6) is 5.75 Å². The largest absolute Gasteiger partial charge is 0.491 e. The molecule has 138 valence electrons. The lowest BCUT2D eigenvalue weighted by Crippen LogP contribution is -2.05. The van der Waals surface area contributed by atoms with E-state index in [0.29, 0.717) is 19.8 Å². The van der Waals surface area contributed by atoms with Crippen molar-refractivity contribution in [2.45, 2.75) is 13.8 Å². The first kappa shape index (κ1) is 18.8. The van der Waals surface area contributed by atoms with Crippen LogP contribution < -0.4 is 4.74 Å². The Morgan fingerprint density at radius 1 is 0.667 bits per heavy atom. The van der Waals surface area contributed by atoms with Crippen molar-refractivity contribution >= 4 is 11.4 Å². The molecule has 3 rings (SSSR count). The van der Waals surface area contributed by atoms with Gasteiger partial charge in [0.15, 0.2) is 0 Å². The molecule has 27 heavy (non-hydrogen) atoms. The maximum absolute atomic E-state index is 5.59. The second-order valence-corrected chi connectivity index (χ2v) is 6.15. The highest BCUT2D eigenvalue weighted by atomic mass is 16.5. The van der Waals surface area contributed by atoms with Gasteiger partial charge in [0.25, 0.3) is 0 Å². The normalized spacial score (nSPS) is 11.0. The van der Waals surface area contributed by atoms with Crippen LogP contribution >= 0.6 is 0 Å². The van der Waals surface area contributed by atoms with Crippen LogP contribution in [0.25, 0.3) is 11.1 Å². The Morgan fingerprint density at radius 2 is 1.19 bits per heavy atom. The molecule has 0 saturated carbocycles. The Morgan fingerprint density at radius 3 is 1.74 bits per heavy atom. The SMILES string of the molecule is CCOCCOc1ccc(N=Nc2ccc(-c3ccc(C)cc3)cc2)cc1. The van der Waals surface area contributed by atoms with Crippen molar-refractivity contribution in [3.63, 3.8) is 0 Å². The molecule has 0 spiro atoms. The van der Waals surface area contributed by atoms with Crippen molar-refractivity contribution < 1.29 is 9.47 Å². The second kappa shape index (κ2) is 9.64. The van der Waals surface area contributed by atoms with Crippen LogP contribution in [-0.2, 0) is 4.74 Å². The number of azo groups is 1. The van der Waals surface area contributed by atoms with Gasteiger partial charge < -0.3 is 9.47 Å². The third-order valence-corrected chi connectivity index (χ3v) is 4.07. The van der Waals surface area contributed by atoms with E-state index in [9.17, 15) is 0 Å². The van der Waals surface area contributed by atoms with E-state index in [1.165, 1.54) is 16.7 Å². The highest BCUT2D eigenvalue weighted by molar-refractivity contribution is 5.65. The minimum atomic E-state index is 0.544. The summed E-state index contributed by atoms with van der Waals surface area (Å²) in [6.45, 7) is 5.90. The molecular formula is C23H24N2O2. The minimum Gasteiger partial charge on any atom is -0.491 e. The first-order chi connectivity index (χ1) is 13.2. The summed E-state index contributed by atoms with van der Waals surface area (Å²) in [5, 5.41) is 8.59. The average Bonchev–Trinajstić information content (AvgIpc) is 2.72. The molecule has 4 nitrogen and oxygen atoms in total. The molecular weight excluding hydrogens is 336 g/mol. The maximum Gasteiger partial charge on any atom is 0.119 e. The first-order valence-electron chi connectivity index (χ1n) is 9.14. The van der Waals surface area contributed by atoms with Gasteiger partial charge in [-0.25, -0.2) is 0 Å². The molecule has 0 unspecified atom stereocenters. The standard InChI is InChI=1S/C23H24N2O2/c1-3-26-16-17-27-23-14-12-22(13-15-23)25-24-21-10-8-20(9-11-21)19-6-4-18(2)5-7-19/h4-15H,3,16-17H2,1-2H3. The predicted molar refractivity (Wildman–Crippen MR) is 109 cm³/mol. The van der Waals surface area contributed by atoms with Gasteiger partial charge in [0.1, 0.15) is 12.4 Å². The average molecular weight is 360 g/mol. The fourth-order valence-electron chi connectivity index (χ4n) is 2.55. The topological polar surface area (TPSA) is 43.2 Å². The number of ether oxygens (including phenoxy) is 2. The third kappa shape index (κ3) is 5.76. The van der Waals surface area contributed by atoms with Gasteiger partial charge in [-0.1, -0.05) is 42.0 Å². The van der Waals surface area contributed by atoms with Crippen LogP contribution in [-0.4, -0.2) is 19.8 Å². The molecule has 0 atom stereocenters. The number of nitrogens with zero attached hydrogens (tertiary/aromatic N) is 2. The zero-order valence-corrected chi connectivity index (χ0v) is 15.8. The molecule has 0 aliphatic heterocycles. The van der Waals surface area contributed by atoms with E-state index in [4.69, 9.17) is 9.47 Å². The van der Waals surface area contributed by atoms with Crippen molar-refractivity contribution in [3.8, 4) is 16.9 Å². The monoisotopic (exact) mass is 360 g/mol. The van der Waals surface area contributed by atoms with Crippen LogP contribution in [0.1, 0.15) is 12.5 Å². The molecule has 0 N–H and O–H groups in total. The Hall–Kier alpha value is -2.98. The molecule has 3 aromatic carbocycles. The molecule has 0 aliphatic rings. The van der Waals surface area contributed by atoms with E-state index >= 15 is 0 Å². The molecule has 3 aromatic rings. The van der Waals surface area contributed by atoms with Crippen LogP contribution in [0.4, 0.5) is 11.4 Å². The van der Waals surface area contributed by atoms with Gasteiger partial charge in [0, 0.05) is 6.61 Å².